The predicted molar refractivity (Wildman–Crippen MR) is 85.5 cm³/mol. The highest BCUT2D eigenvalue weighted by Crippen LogP contribution is 2.22. The van der Waals surface area contributed by atoms with Crippen molar-refractivity contribution in [3.05, 3.63) is 35.4 Å². The Hall–Kier alpha value is -1.35. The van der Waals surface area contributed by atoms with Crippen molar-refractivity contribution in [1.82, 2.24) is 9.80 Å². The van der Waals surface area contributed by atoms with Crippen molar-refractivity contribution < 1.29 is 4.79 Å². The van der Waals surface area contributed by atoms with Gasteiger partial charge in [0.1, 0.15) is 0 Å². The molecule has 2 saturated heterocycles. The van der Waals surface area contributed by atoms with Crippen LogP contribution in [0.25, 0.3) is 0 Å². The van der Waals surface area contributed by atoms with Gasteiger partial charge in [-0.05, 0) is 57.3 Å². The Balaban J connectivity index is 1.58. The maximum absolute atomic E-state index is 12.6. The maximum atomic E-state index is 12.6. The molecule has 21 heavy (non-hydrogen) atoms. The second-order valence-corrected chi connectivity index (χ2v) is 6.43. The molecular weight excluding hydrogens is 260 g/mol. The fraction of sp³-hybridized carbons (Fsp3) is 0.611. The van der Waals surface area contributed by atoms with Crippen LogP contribution in [0, 0.1) is 6.92 Å². The molecule has 0 radical (unpaired) electrons. The van der Waals surface area contributed by atoms with E-state index in [1.165, 1.54) is 32.4 Å². The largest absolute Gasteiger partial charge is 0.339 e. The van der Waals surface area contributed by atoms with Gasteiger partial charge in [0.05, 0.1) is 0 Å². The first-order valence-corrected chi connectivity index (χ1v) is 8.34. The summed E-state index contributed by atoms with van der Waals surface area (Å²) in [5.74, 6) is 0.213. The van der Waals surface area contributed by atoms with Crippen LogP contribution < -0.4 is 0 Å². The van der Waals surface area contributed by atoms with E-state index in [-0.39, 0.29) is 5.91 Å². The molecule has 1 aromatic carbocycles. The molecule has 1 aromatic rings. The van der Waals surface area contributed by atoms with Gasteiger partial charge in [0.15, 0.2) is 0 Å². The number of likely N-dealkylation sites (tertiary alicyclic amines) is 2. The van der Waals surface area contributed by atoms with E-state index in [1.54, 1.807) is 0 Å². The normalized spacial score (nSPS) is 21.5. The molecule has 1 amide bonds. The summed E-state index contributed by atoms with van der Waals surface area (Å²) in [7, 11) is 0. The standard InChI is InChI=1S/C18H26N2O/c1-15-7-3-4-8-17(15)18(21)20-13-9-16(10-14-20)19-11-5-2-6-12-19/h3-4,7-8,16H,2,5-6,9-14H2,1H3. The Morgan fingerprint density at radius 3 is 2.33 bits per heavy atom. The third kappa shape index (κ3) is 3.29. The molecule has 2 aliphatic rings. The summed E-state index contributed by atoms with van der Waals surface area (Å²) in [5, 5.41) is 0. The molecule has 0 spiro atoms. The van der Waals surface area contributed by atoms with Gasteiger partial charge in [0, 0.05) is 24.7 Å². The van der Waals surface area contributed by atoms with Crippen LogP contribution in [-0.2, 0) is 0 Å². The quantitative estimate of drug-likeness (QED) is 0.834. The van der Waals surface area contributed by atoms with E-state index in [1.807, 2.05) is 36.1 Å². The average Bonchev–Trinajstić information content (AvgIpc) is 2.56. The van der Waals surface area contributed by atoms with Crippen molar-refractivity contribution in [2.45, 2.75) is 45.1 Å². The molecule has 0 saturated carbocycles. The van der Waals surface area contributed by atoms with E-state index >= 15 is 0 Å². The number of benzene rings is 1. The minimum Gasteiger partial charge on any atom is -0.339 e. The zero-order chi connectivity index (χ0) is 14.7. The number of rotatable bonds is 2. The highest BCUT2D eigenvalue weighted by atomic mass is 16.2. The second kappa shape index (κ2) is 6.61. The summed E-state index contributed by atoms with van der Waals surface area (Å²) >= 11 is 0. The summed E-state index contributed by atoms with van der Waals surface area (Å²) in [5.41, 5.74) is 1.95. The predicted octanol–water partition coefficient (Wildman–Crippen LogP) is 3.09. The third-order valence-corrected chi connectivity index (χ3v) is 5.03. The van der Waals surface area contributed by atoms with Gasteiger partial charge in [-0.1, -0.05) is 24.6 Å². The van der Waals surface area contributed by atoms with Crippen LogP contribution in [0.4, 0.5) is 0 Å². The molecule has 0 unspecified atom stereocenters. The molecule has 3 nitrogen and oxygen atoms in total. The fourth-order valence-electron chi connectivity index (χ4n) is 3.70. The van der Waals surface area contributed by atoms with Gasteiger partial charge in [0.25, 0.3) is 5.91 Å². The lowest BCUT2D eigenvalue weighted by Crippen LogP contribution is -2.48. The summed E-state index contributed by atoms with van der Waals surface area (Å²) in [6, 6.07) is 8.63. The van der Waals surface area contributed by atoms with Crippen molar-refractivity contribution >= 4 is 5.91 Å². The molecular formula is C18H26N2O. The summed E-state index contributed by atoms with van der Waals surface area (Å²) in [6.45, 7) is 6.36. The van der Waals surface area contributed by atoms with Crippen molar-refractivity contribution in [2.75, 3.05) is 26.2 Å². The van der Waals surface area contributed by atoms with Gasteiger partial charge in [-0.25, -0.2) is 0 Å². The van der Waals surface area contributed by atoms with E-state index in [9.17, 15) is 4.79 Å². The molecule has 2 heterocycles. The Morgan fingerprint density at radius 2 is 1.67 bits per heavy atom. The summed E-state index contributed by atoms with van der Waals surface area (Å²) in [6.07, 6.45) is 6.36. The number of hydrogen-bond acceptors (Lipinski definition) is 2. The third-order valence-electron chi connectivity index (χ3n) is 5.03. The summed E-state index contributed by atoms with van der Waals surface area (Å²) < 4.78 is 0. The first-order valence-electron chi connectivity index (χ1n) is 8.34. The first-order chi connectivity index (χ1) is 10.3. The monoisotopic (exact) mass is 286 g/mol. The van der Waals surface area contributed by atoms with Crippen molar-refractivity contribution in [3.63, 3.8) is 0 Å². The lowest BCUT2D eigenvalue weighted by Gasteiger charge is -2.40. The molecule has 3 heteroatoms. The number of amides is 1. The molecule has 2 aliphatic heterocycles. The van der Waals surface area contributed by atoms with Gasteiger partial charge in [-0.15, -0.1) is 0 Å². The number of nitrogens with zero attached hydrogens (tertiary/aromatic N) is 2. The molecule has 0 N–H and O–H groups in total. The van der Waals surface area contributed by atoms with Crippen molar-refractivity contribution in [3.8, 4) is 0 Å². The molecule has 3 rings (SSSR count). The second-order valence-electron chi connectivity index (χ2n) is 6.43. The fourth-order valence-corrected chi connectivity index (χ4v) is 3.70. The van der Waals surface area contributed by atoms with Crippen LogP contribution in [0.2, 0.25) is 0 Å². The Bertz CT molecular complexity index is 486. The molecule has 0 bridgehead atoms. The maximum Gasteiger partial charge on any atom is 0.254 e. The zero-order valence-corrected chi connectivity index (χ0v) is 13.1. The number of piperidine rings is 2. The van der Waals surface area contributed by atoms with Crippen molar-refractivity contribution in [1.29, 1.82) is 0 Å². The highest BCUT2D eigenvalue weighted by Gasteiger charge is 2.28. The number of hydrogen-bond donors (Lipinski definition) is 0. The van der Waals surface area contributed by atoms with Gasteiger partial charge in [-0.2, -0.15) is 0 Å². The van der Waals surface area contributed by atoms with E-state index in [0.717, 1.165) is 37.1 Å². The Labute approximate surface area is 127 Å². The smallest absolute Gasteiger partial charge is 0.254 e. The highest BCUT2D eigenvalue weighted by molar-refractivity contribution is 5.95. The minimum absolute atomic E-state index is 0.213. The van der Waals surface area contributed by atoms with E-state index in [4.69, 9.17) is 0 Å². The van der Waals surface area contributed by atoms with E-state index in [0.29, 0.717) is 6.04 Å². The van der Waals surface area contributed by atoms with Crippen LogP contribution in [0.1, 0.15) is 48.0 Å². The molecule has 0 aliphatic carbocycles. The topological polar surface area (TPSA) is 23.6 Å². The van der Waals surface area contributed by atoms with Crippen LogP contribution in [0.5, 0.6) is 0 Å². The molecule has 0 atom stereocenters. The van der Waals surface area contributed by atoms with Crippen LogP contribution in [-0.4, -0.2) is 47.9 Å². The summed E-state index contributed by atoms with van der Waals surface area (Å²) in [4.78, 5) is 17.3. The number of carbonyl (C=O) groups excluding carboxylic acids is 1. The van der Waals surface area contributed by atoms with Gasteiger partial charge in [-0.3, -0.25) is 4.79 Å². The van der Waals surface area contributed by atoms with Crippen LogP contribution >= 0.6 is 0 Å². The molecule has 114 valence electrons. The zero-order valence-electron chi connectivity index (χ0n) is 13.1. The van der Waals surface area contributed by atoms with E-state index in [2.05, 4.69) is 4.90 Å². The Morgan fingerprint density at radius 1 is 1.00 bits per heavy atom. The number of aryl methyl sites for hydroxylation is 1. The van der Waals surface area contributed by atoms with Gasteiger partial charge in [0.2, 0.25) is 0 Å². The average molecular weight is 286 g/mol. The first kappa shape index (κ1) is 14.6. The van der Waals surface area contributed by atoms with Crippen molar-refractivity contribution in [2.24, 2.45) is 0 Å². The molecule has 2 fully saturated rings. The van der Waals surface area contributed by atoms with E-state index < -0.39 is 0 Å². The molecule has 0 aromatic heterocycles. The van der Waals surface area contributed by atoms with Gasteiger partial charge >= 0.3 is 0 Å². The Kier molecular flexibility index (Phi) is 4.59. The van der Waals surface area contributed by atoms with Crippen LogP contribution in [0.15, 0.2) is 24.3 Å². The van der Waals surface area contributed by atoms with Gasteiger partial charge < -0.3 is 9.80 Å². The van der Waals surface area contributed by atoms with Crippen LogP contribution in [0.3, 0.4) is 0 Å². The SMILES string of the molecule is Cc1ccccc1C(=O)N1CCC(N2CCCCC2)CC1. The lowest BCUT2D eigenvalue weighted by atomic mass is 9.99. The lowest BCUT2D eigenvalue weighted by molar-refractivity contribution is 0.0589. The minimum atomic E-state index is 0.213. The number of carbonyl (C=O) groups is 1.